The van der Waals surface area contributed by atoms with Crippen LogP contribution < -0.4 is 20.7 Å². The van der Waals surface area contributed by atoms with Gasteiger partial charge in [0.05, 0.1) is 26.4 Å². The second-order valence-corrected chi connectivity index (χ2v) is 13.6. The molecule has 0 aliphatic heterocycles. The largest absolute Gasteiger partial charge is 0.417 e. The van der Waals surface area contributed by atoms with Crippen LogP contribution in [-0.2, 0) is 48.1 Å². The van der Waals surface area contributed by atoms with E-state index >= 15 is 0 Å². The van der Waals surface area contributed by atoms with E-state index in [-0.39, 0.29) is 48.1 Å². The first-order chi connectivity index (χ1) is 20.9. The third kappa shape index (κ3) is 17.5. The molecule has 12 nitrogen and oxygen atoms in total. The summed E-state index contributed by atoms with van der Waals surface area (Å²) in [5.41, 5.74) is 3.10. The van der Waals surface area contributed by atoms with Crippen molar-refractivity contribution in [1.29, 1.82) is 0 Å². The minimum atomic E-state index is -2.32. The number of aliphatic hydroxyl groups excluding tert-OH is 4. The van der Waals surface area contributed by atoms with Crippen molar-refractivity contribution < 1.29 is 80.5 Å². The fraction of sp³-hybridized carbons (Fsp3) is 0.143. The molecular formula is C28H36O12Si4Ti. The van der Waals surface area contributed by atoms with Crippen LogP contribution >= 0.6 is 0 Å². The fourth-order valence-electron chi connectivity index (χ4n) is 3.04. The third-order valence-electron chi connectivity index (χ3n) is 5.58. The summed E-state index contributed by atoms with van der Waals surface area (Å²) in [5, 5.41) is 36.7. The van der Waals surface area contributed by atoms with Crippen LogP contribution in [0.1, 0.15) is 22.3 Å². The molecule has 4 aromatic rings. The maximum absolute atomic E-state index is 8.78. The van der Waals surface area contributed by atoms with E-state index in [2.05, 4.69) is 0 Å². The van der Waals surface area contributed by atoms with Gasteiger partial charge in [0.1, 0.15) is 0 Å². The second-order valence-electron chi connectivity index (χ2n) is 8.71. The average molecular weight is 725 g/mol. The van der Waals surface area contributed by atoms with Crippen molar-refractivity contribution >= 4 is 57.9 Å². The smallest absolute Gasteiger partial charge is 0.406 e. The average Bonchev–Trinajstić information content (AvgIpc) is 3.05. The zero-order valence-corrected chi connectivity index (χ0v) is 29.5. The second kappa shape index (κ2) is 24.2. The van der Waals surface area contributed by atoms with Gasteiger partial charge in [-0.1, -0.05) is 97.1 Å². The van der Waals surface area contributed by atoms with Crippen molar-refractivity contribution in [2.75, 3.05) is 0 Å². The molecule has 0 saturated heterocycles. The number of hydrogen-bond acceptors (Lipinski definition) is 12. The van der Waals surface area contributed by atoms with Gasteiger partial charge in [-0.3, -0.25) is 0 Å². The normalized spacial score (nSPS) is 10.3. The van der Waals surface area contributed by atoms with E-state index in [0.29, 0.717) is 20.7 Å². The number of hydrogen-bond donors (Lipinski definition) is 12. The molecule has 240 valence electrons. The van der Waals surface area contributed by atoms with Crippen molar-refractivity contribution in [1.82, 2.24) is 0 Å². The Labute approximate surface area is 283 Å². The van der Waals surface area contributed by atoms with E-state index in [1.165, 1.54) is 0 Å². The molecule has 0 fully saturated rings. The Morgan fingerprint density at radius 1 is 0.289 bits per heavy atom. The predicted molar refractivity (Wildman–Crippen MR) is 169 cm³/mol. The molecule has 0 saturated carbocycles. The van der Waals surface area contributed by atoms with Gasteiger partial charge in [0.25, 0.3) is 0 Å². The van der Waals surface area contributed by atoms with Crippen LogP contribution in [0.15, 0.2) is 97.1 Å². The van der Waals surface area contributed by atoms with E-state index < -0.39 is 37.1 Å². The topological polar surface area (TPSA) is 243 Å². The SMILES string of the molecule is OCc1ccc([Si](O)O)cc1.OCc1ccc([Si](O)O)cc1.OCc1ccc([Si](O)O)cc1.OCc1ccc([Si](O)O)cc1.[Ti]. The molecule has 0 unspecified atom stereocenters. The van der Waals surface area contributed by atoms with Gasteiger partial charge < -0.3 is 58.8 Å². The Morgan fingerprint density at radius 2 is 0.422 bits per heavy atom. The van der Waals surface area contributed by atoms with Crippen LogP contribution in [0.4, 0.5) is 0 Å². The Kier molecular flexibility index (Phi) is 23.1. The molecule has 0 heterocycles. The first kappa shape index (κ1) is 43.0. The number of benzene rings is 4. The van der Waals surface area contributed by atoms with Gasteiger partial charge in [0.2, 0.25) is 0 Å². The minimum Gasteiger partial charge on any atom is -0.406 e. The van der Waals surface area contributed by atoms with E-state index in [0.717, 1.165) is 22.3 Å². The number of rotatable bonds is 8. The molecule has 0 bridgehead atoms. The molecule has 4 aromatic carbocycles. The fourth-order valence-corrected chi connectivity index (χ4v) is 4.90. The number of aliphatic hydroxyl groups is 4. The first-order valence-corrected chi connectivity index (χ1v) is 18.3. The summed E-state index contributed by atoms with van der Waals surface area (Å²) in [6.07, 6.45) is 0. The van der Waals surface area contributed by atoms with Crippen LogP contribution in [0.25, 0.3) is 0 Å². The van der Waals surface area contributed by atoms with Crippen LogP contribution in [-0.4, -0.2) is 95.9 Å². The van der Waals surface area contributed by atoms with Gasteiger partial charge in [-0.05, 0) is 43.0 Å². The molecule has 17 heteroatoms. The summed E-state index contributed by atoms with van der Waals surface area (Å²) in [7, 11) is -9.27. The quantitative estimate of drug-likeness (QED) is 0.0770. The van der Waals surface area contributed by atoms with Gasteiger partial charge in [0, 0.05) is 21.7 Å². The van der Waals surface area contributed by atoms with Gasteiger partial charge in [-0.25, -0.2) is 0 Å². The third-order valence-corrected chi connectivity index (χ3v) is 8.98. The van der Waals surface area contributed by atoms with Crippen molar-refractivity contribution in [3.8, 4) is 0 Å². The molecule has 4 radical (unpaired) electrons. The Balaban J connectivity index is 0.000000569. The molecule has 0 aliphatic rings. The van der Waals surface area contributed by atoms with Crippen LogP contribution in [0.2, 0.25) is 0 Å². The molecule has 0 aliphatic carbocycles. The summed E-state index contributed by atoms with van der Waals surface area (Å²) in [6, 6.07) is 26.3. The van der Waals surface area contributed by atoms with Gasteiger partial charge in [-0.15, -0.1) is 0 Å². The standard InChI is InChI=1S/4C7H9O3Si.Ti/c4*8-5-6-1-3-7(4-2-6)11(9)10;/h4*1-4,8-10H,5H2;. The molecule has 12 N–H and O–H groups in total. The Morgan fingerprint density at radius 3 is 0.511 bits per heavy atom. The summed E-state index contributed by atoms with van der Waals surface area (Å²) < 4.78 is 0. The van der Waals surface area contributed by atoms with E-state index in [4.69, 9.17) is 58.8 Å². The summed E-state index contributed by atoms with van der Waals surface area (Å²) in [5.74, 6) is 0. The monoisotopic (exact) mass is 724 g/mol. The van der Waals surface area contributed by atoms with Crippen molar-refractivity contribution in [3.63, 3.8) is 0 Å². The summed E-state index contributed by atoms with van der Waals surface area (Å²) in [4.78, 5) is 70.3. The summed E-state index contributed by atoms with van der Waals surface area (Å²) in [6.45, 7) is -0.0587. The molecule has 0 aromatic heterocycles. The maximum atomic E-state index is 8.78. The first-order valence-electron chi connectivity index (χ1n) is 12.8. The molecule has 4 rings (SSSR count). The van der Waals surface area contributed by atoms with Crippen LogP contribution in [0.3, 0.4) is 0 Å². The predicted octanol–water partition coefficient (Wildman–Crippen LogP) is -4.57. The van der Waals surface area contributed by atoms with Crippen molar-refractivity contribution in [2.24, 2.45) is 0 Å². The zero-order valence-electron chi connectivity index (χ0n) is 23.9. The zero-order chi connectivity index (χ0) is 33.1. The molecule has 45 heavy (non-hydrogen) atoms. The molecular weight excluding hydrogens is 689 g/mol. The Bertz CT molecular complexity index is 1090. The maximum Gasteiger partial charge on any atom is 0.417 e. The molecule has 0 spiro atoms. The van der Waals surface area contributed by atoms with Crippen molar-refractivity contribution in [2.45, 2.75) is 26.4 Å². The van der Waals surface area contributed by atoms with Crippen LogP contribution in [0, 0.1) is 0 Å². The van der Waals surface area contributed by atoms with Crippen molar-refractivity contribution in [3.05, 3.63) is 119 Å². The molecule has 0 atom stereocenters. The Hall–Kier alpha value is -2.02. The van der Waals surface area contributed by atoms with Crippen LogP contribution in [0.5, 0.6) is 0 Å². The van der Waals surface area contributed by atoms with E-state index in [9.17, 15) is 0 Å². The van der Waals surface area contributed by atoms with E-state index in [1.54, 1.807) is 97.1 Å². The summed E-state index contributed by atoms with van der Waals surface area (Å²) >= 11 is 0. The van der Waals surface area contributed by atoms with Gasteiger partial charge in [0.15, 0.2) is 0 Å². The van der Waals surface area contributed by atoms with E-state index in [1.807, 2.05) is 0 Å². The molecule has 0 amide bonds. The van der Waals surface area contributed by atoms with Gasteiger partial charge >= 0.3 is 37.1 Å². The van der Waals surface area contributed by atoms with Gasteiger partial charge in [-0.2, -0.15) is 0 Å². The minimum absolute atomic E-state index is 0.